The van der Waals surface area contributed by atoms with Crippen molar-refractivity contribution in [1.29, 1.82) is 0 Å². The quantitative estimate of drug-likeness (QED) is 0.881. The number of nitrogens with one attached hydrogen (secondary N) is 1. The van der Waals surface area contributed by atoms with Crippen LogP contribution in [-0.4, -0.2) is 49.8 Å². The lowest BCUT2D eigenvalue weighted by molar-refractivity contribution is 0.0330. The fourth-order valence-electron chi connectivity index (χ4n) is 3.44. The average Bonchev–Trinajstić information content (AvgIpc) is 2.45. The summed E-state index contributed by atoms with van der Waals surface area (Å²) in [4.78, 5) is 2.51. The van der Waals surface area contributed by atoms with Crippen molar-refractivity contribution in [2.45, 2.75) is 37.8 Å². The zero-order chi connectivity index (χ0) is 14.7. The van der Waals surface area contributed by atoms with Crippen LogP contribution in [-0.2, 0) is 4.74 Å². The molecule has 1 heterocycles. The van der Waals surface area contributed by atoms with E-state index in [2.05, 4.69) is 57.3 Å². The van der Waals surface area contributed by atoms with Gasteiger partial charge in [0, 0.05) is 36.2 Å². The van der Waals surface area contributed by atoms with E-state index in [1.807, 2.05) is 0 Å². The molecule has 0 radical (unpaired) electrons. The number of morpholine rings is 1. The Balaban J connectivity index is 1.41. The van der Waals surface area contributed by atoms with Crippen LogP contribution in [0, 0.1) is 0 Å². The van der Waals surface area contributed by atoms with E-state index < -0.39 is 0 Å². The molecule has 0 amide bonds. The molecule has 1 N–H and O–H groups in total. The van der Waals surface area contributed by atoms with Crippen molar-refractivity contribution in [3.8, 4) is 0 Å². The first-order chi connectivity index (χ1) is 10.2. The Kier molecular flexibility index (Phi) is 5.33. The molecular formula is C17H25BrN2O. The first-order valence-corrected chi connectivity index (χ1v) is 8.82. The second-order valence-corrected chi connectivity index (χ2v) is 7.22. The number of ether oxygens (including phenoxy) is 1. The van der Waals surface area contributed by atoms with E-state index in [-0.39, 0.29) is 0 Å². The second kappa shape index (κ2) is 7.23. The number of rotatable bonds is 5. The molecule has 2 aliphatic rings. The fraction of sp³-hybridized carbons (Fsp3) is 0.647. The van der Waals surface area contributed by atoms with Gasteiger partial charge in [-0.1, -0.05) is 34.1 Å². The lowest BCUT2D eigenvalue weighted by atomic mass is 9.75. The Bertz CT molecular complexity index is 456. The van der Waals surface area contributed by atoms with Gasteiger partial charge in [0.05, 0.1) is 13.2 Å². The lowest BCUT2D eigenvalue weighted by Crippen LogP contribution is -2.50. The normalized spacial score (nSPS) is 28.1. The number of hydrogen-bond donors (Lipinski definition) is 1. The SMILES string of the molecule is CC(CN1CCOCC1)NC1CC(c2ccccc2Br)C1. The number of nitrogens with zero attached hydrogens (tertiary/aromatic N) is 1. The van der Waals surface area contributed by atoms with Crippen LogP contribution in [0.4, 0.5) is 0 Å². The highest BCUT2D eigenvalue weighted by atomic mass is 79.9. The molecule has 1 aliphatic heterocycles. The maximum atomic E-state index is 5.40. The monoisotopic (exact) mass is 352 g/mol. The molecule has 1 atom stereocenters. The highest BCUT2D eigenvalue weighted by Gasteiger charge is 2.32. The molecular weight excluding hydrogens is 328 g/mol. The van der Waals surface area contributed by atoms with Crippen LogP contribution in [0.5, 0.6) is 0 Å². The molecule has 2 fully saturated rings. The van der Waals surface area contributed by atoms with Gasteiger partial charge >= 0.3 is 0 Å². The first-order valence-electron chi connectivity index (χ1n) is 8.03. The molecule has 0 aromatic heterocycles. The van der Waals surface area contributed by atoms with Crippen LogP contribution in [0.25, 0.3) is 0 Å². The summed E-state index contributed by atoms with van der Waals surface area (Å²) in [5.74, 6) is 0.716. The van der Waals surface area contributed by atoms with E-state index in [1.54, 1.807) is 0 Å². The molecule has 4 heteroatoms. The third-order valence-corrected chi connectivity index (χ3v) is 5.36. The predicted octanol–water partition coefficient (Wildman–Crippen LogP) is 3.01. The topological polar surface area (TPSA) is 24.5 Å². The summed E-state index contributed by atoms with van der Waals surface area (Å²) in [5.41, 5.74) is 1.47. The Hall–Kier alpha value is -0.420. The van der Waals surface area contributed by atoms with Gasteiger partial charge < -0.3 is 10.1 Å². The van der Waals surface area contributed by atoms with Gasteiger partial charge in [0.1, 0.15) is 0 Å². The zero-order valence-electron chi connectivity index (χ0n) is 12.7. The molecule has 21 heavy (non-hydrogen) atoms. The molecule has 116 valence electrons. The first kappa shape index (κ1) is 15.5. The Morgan fingerprint density at radius 2 is 2.00 bits per heavy atom. The van der Waals surface area contributed by atoms with Gasteiger partial charge in [-0.3, -0.25) is 4.90 Å². The van der Waals surface area contributed by atoms with Gasteiger partial charge in [0.15, 0.2) is 0 Å². The van der Waals surface area contributed by atoms with Crippen molar-refractivity contribution in [3.63, 3.8) is 0 Å². The summed E-state index contributed by atoms with van der Waals surface area (Å²) in [5, 5.41) is 3.79. The van der Waals surface area contributed by atoms with Crippen molar-refractivity contribution >= 4 is 15.9 Å². The van der Waals surface area contributed by atoms with E-state index in [0.717, 1.165) is 32.8 Å². The van der Waals surface area contributed by atoms with Gasteiger partial charge in [-0.25, -0.2) is 0 Å². The Labute approximate surface area is 136 Å². The van der Waals surface area contributed by atoms with Crippen LogP contribution in [0.3, 0.4) is 0 Å². The molecule has 3 rings (SSSR count). The Morgan fingerprint density at radius 1 is 1.29 bits per heavy atom. The molecule has 0 spiro atoms. The Morgan fingerprint density at radius 3 is 2.71 bits per heavy atom. The van der Waals surface area contributed by atoms with Crippen LogP contribution in [0.1, 0.15) is 31.2 Å². The van der Waals surface area contributed by atoms with Crippen molar-refractivity contribution in [3.05, 3.63) is 34.3 Å². The van der Waals surface area contributed by atoms with Gasteiger partial charge in [-0.2, -0.15) is 0 Å². The van der Waals surface area contributed by atoms with Crippen molar-refractivity contribution in [1.82, 2.24) is 10.2 Å². The number of benzene rings is 1. The van der Waals surface area contributed by atoms with E-state index in [4.69, 9.17) is 4.74 Å². The number of halogens is 1. The van der Waals surface area contributed by atoms with E-state index in [0.29, 0.717) is 18.0 Å². The van der Waals surface area contributed by atoms with Crippen molar-refractivity contribution in [2.75, 3.05) is 32.8 Å². The molecule has 1 aromatic rings. The summed E-state index contributed by atoms with van der Waals surface area (Å²) in [6, 6.07) is 9.87. The summed E-state index contributed by atoms with van der Waals surface area (Å²) in [7, 11) is 0. The molecule has 1 aromatic carbocycles. The predicted molar refractivity (Wildman–Crippen MR) is 89.8 cm³/mol. The average molecular weight is 353 g/mol. The van der Waals surface area contributed by atoms with E-state index in [1.165, 1.54) is 22.9 Å². The van der Waals surface area contributed by atoms with Crippen LogP contribution in [0.15, 0.2) is 28.7 Å². The van der Waals surface area contributed by atoms with Gasteiger partial charge in [-0.05, 0) is 37.3 Å². The smallest absolute Gasteiger partial charge is 0.0594 e. The van der Waals surface area contributed by atoms with Crippen molar-refractivity contribution < 1.29 is 4.74 Å². The summed E-state index contributed by atoms with van der Waals surface area (Å²) < 4.78 is 6.66. The largest absolute Gasteiger partial charge is 0.379 e. The van der Waals surface area contributed by atoms with Crippen molar-refractivity contribution in [2.24, 2.45) is 0 Å². The minimum absolute atomic E-state index is 0.563. The molecule has 1 aliphatic carbocycles. The van der Waals surface area contributed by atoms with Gasteiger partial charge in [-0.15, -0.1) is 0 Å². The highest BCUT2D eigenvalue weighted by molar-refractivity contribution is 9.10. The maximum absolute atomic E-state index is 5.40. The minimum atomic E-state index is 0.563. The molecule has 3 nitrogen and oxygen atoms in total. The third-order valence-electron chi connectivity index (χ3n) is 4.64. The van der Waals surface area contributed by atoms with E-state index in [9.17, 15) is 0 Å². The second-order valence-electron chi connectivity index (χ2n) is 6.37. The van der Waals surface area contributed by atoms with Crippen LogP contribution >= 0.6 is 15.9 Å². The minimum Gasteiger partial charge on any atom is -0.379 e. The highest BCUT2D eigenvalue weighted by Crippen LogP contribution is 2.40. The molecule has 1 unspecified atom stereocenters. The molecule has 1 saturated heterocycles. The van der Waals surface area contributed by atoms with Crippen LogP contribution < -0.4 is 5.32 Å². The zero-order valence-corrected chi connectivity index (χ0v) is 14.3. The summed E-state index contributed by atoms with van der Waals surface area (Å²) >= 11 is 3.67. The van der Waals surface area contributed by atoms with Gasteiger partial charge in [0.2, 0.25) is 0 Å². The van der Waals surface area contributed by atoms with Crippen LogP contribution in [0.2, 0.25) is 0 Å². The fourth-order valence-corrected chi connectivity index (χ4v) is 4.05. The number of hydrogen-bond acceptors (Lipinski definition) is 3. The van der Waals surface area contributed by atoms with Gasteiger partial charge in [0.25, 0.3) is 0 Å². The molecule has 1 saturated carbocycles. The lowest BCUT2D eigenvalue weighted by Gasteiger charge is -2.39. The standard InChI is InChI=1S/C17H25BrN2O/c1-13(12-20-6-8-21-9-7-20)19-15-10-14(11-15)16-4-2-3-5-17(16)18/h2-5,13-15,19H,6-12H2,1H3. The van der Waals surface area contributed by atoms with E-state index >= 15 is 0 Å². The third kappa shape index (κ3) is 4.07. The summed E-state index contributed by atoms with van der Waals surface area (Å²) in [6.45, 7) is 7.38. The molecule has 0 bridgehead atoms. The maximum Gasteiger partial charge on any atom is 0.0594 e. The summed E-state index contributed by atoms with van der Waals surface area (Å²) in [6.07, 6.45) is 2.52.